The van der Waals surface area contributed by atoms with Crippen LogP contribution in [0.2, 0.25) is 15.1 Å². The third-order valence-electron chi connectivity index (χ3n) is 5.20. The highest BCUT2D eigenvalue weighted by atomic mass is 35.5. The molecule has 1 unspecified atom stereocenters. The van der Waals surface area contributed by atoms with Crippen molar-refractivity contribution in [3.05, 3.63) is 63.1 Å². The molecular weight excluding hydrogens is 533 g/mol. The SMILES string of the molecule is CCC(C(=O)NCC(C)C)N(Cc1ccc(Cl)c(Cl)c1)C(=O)CN(c1ccc(Cl)cc1)S(C)(=O)=O. The number of halogens is 3. The Labute approximate surface area is 222 Å². The van der Waals surface area contributed by atoms with E-state index in [1.165, 1.54) is 17.0 Å². The minimum absolute atomic E-state index is 0.0432. The molecule has 0 fully saturated rings. The number of carbonyl (C=O) groups is 2. The van der Waals surface area contributed by atoms with Gasteiger partial charge in [-0.25, -0.2) is 8.42 Å². The van der Waals surface area contributed by atoms with Crippen LogP contribution in [0.5, 0.6) is 0 Å². The summed E-state index contributed by atoms with van der Waals surface area (Å²) in [5, 5.41) is 3.98. The largest absolute Gasteiger partial charge is 0.354 e. The normalized spacial score (nSPS) is 12.3. The van der Waals surface area contributed by atoms with Gasteiger partial charge in [-0.15, -0.1) is 0 Å². The molecule has 0 aliphatic carbocycles. The van der Waals surface area contributed by atoms with Crippen LogP contribution >= 0.6 is 34.8 Å². The summed E-state index contributed by atoms with van der Waals surface area (Å²) in [6, 6.07) is 10.2. The van der Waals surface area contributed by atoms with E-state index in [1.807, 2.05) is 13.8 Å². The summed E-state index contributed by atoms with van der Waals surface area (Å²) >= 11 is 18.1. The van der Waals surface area contributed by atoms with Crippen LogP contribution in [0.15, 0.2) is 42.5 Å². The molecule has 2 aromatic carbocycles. The second-order valence-corrected chi connectivity index (χ2v) is 11.7. The molecule has 0 bridgehead atoms. The van der Waals surface area contributed by atoms with Crippen molar-refractivity contribution in [1.82, 2.24) is 10.2 Å². The van der Waals surface area contributed by atoms with Gasteiger partial charge in [-0.2, -0.15) is 0 Å². The number of sulfonamides is 1. The Morgan fingerprint density at radius 1 is 1.00 bits per heavy atom. The molecular formula is C24H30Cl3N3O4S. The van der Waals surface area contributed by atoms with Crippen LogP contribution in [-0.4, -0.2) is 50.5 Å². The monoisotopic (exact) mass is 561 g/mol. The number of amides is 2. The van der Waals surface area contributed by atoms with E-state index in [0.717, 1.165) is 10.6 Å². The second-order valence-electron chi connectivity index (χ2n) is 8.58. The lowest BCUT2D eigenvalue weighted by Gasteiger charge is -2.33. The van der Waals surface area contributed by atoms with Gasteiger partial charge >= 0.3 is 0 Å². The molecule has 7 nitrogen and oxygen atoms in total. The molecule has 0 aliphatic heterocycles. The number of benzene rings is 2. The first-order valence-corrected chi connectivity index (χ1v) is 14.1. The molecule has 0 saturated carbocycles. The minimum Gasteiger partial charge on any atom is -0.354 e. The van der Waals surface area contributed by atoms with Crippen LogP contribution in [0.25, 0.3) is 0 Å². The van der Waals surface area contributed by atoms with Crippen molar-refractivity contribution in [3.63, 3.8) is 0 Å². The molecule has 0 radical (unpaired) electrons. The van der Waals surface area contributed by atoms with Crippen LogP contribution in [0, 0.1) is 5.92 Å². The number of nitrogens with zero attached hydrogens (tertiary/aromatic N) is 2. The van der Waals surface area contributed by atoms with Crippen molar-refractivity contribution in [3.8, 4) is 0 Å². The Morgan fingerprint density at radius 2 is 1.63 bits per heavy atom. The summed E-state index contributed by atoms with van der Waals surface area (Å²) in [4.78, 5) is 28.0. The highest BCUT2D eigenvalue weighted by Gasteiger charge is 2.31. The van der Waals surface area contributed by atoms with Crippen LogP contribution in [-0.2, 0) is 26.2 Å². The lowest BCUT2D eigenvalue weighted by molar-refractivity contribution is -0.140. The van der Waals surface area contributed by atoms with Crippen LogP contribution in [0.4, 0.5) is 5.69 Å². The molecule has 0 spiro atoms. The van der Waals surface area contributed by atoms with E-state index in [2.05, 4.69) is 5.32 Å². The van der Waals surface area contributed by atoms with E-state index >= 15 is 0 Å². The van der Waals surface area contributed by atoms with E-state index in [0.29, 0.717) is 33.6 Å². The fourth-order valence-corrected chi connectivity index (χ4v) is 4.69. The molecule has 192 valence electrons. The Morgan fingerprint density at radius 3 is 2.14 bits per heavy atom. The van der Waals surface area contributed by atoms with Gasteiger partial charge in [0.15, 0.2) is 0 Å². The first-order chi connectivity index (χ1) is 16.3. The minimum atomic E-state index is -3.82. The van der Waals surface area contributed by atoms with Gasteiger partial charge in [0.25, 0.3) is 0 Å². The Hall–Kier alpha value is -2.00. The summed E-state index contributed by atoms with van der Waals surface area (Å²) < 4.78 is 26.1. The second kappa shape index (κ2) is 12.8. The predicted molar refractivity (Wildman–Crippen MR) is 143 cm³/mol. The van der Waals surface area contributed by atoms with E-state index in [9.17, 15) is 18.0 Å². The number of hydrogen-bond donors (Lipinski definition) is 1. The summed E-state index contributed by atoms with van der Waals surface area (Å²) in [5.74, 6) is -0.628. The van der Waals surface area contributed by atoms with E-state index < -0.39 is 28.5 Å². The molecule has 0 saturated heterocycles. The zero-order valence-corrected chi connectivity index (χ0v) is 23.2. The molecule has 2 amide bonds. The number of anilines is 1. The van der Waals surface area contributed by atoms with Crippen molar-refractivity contribution in [1.29, 1.82) is 0 Å². The zero-order chi connectivity index (χ0) is 26.3. The molecule has 1 atom stereocenters. The Kier molecular flexibility index (Phi) is 10.7. The predicted octanol–water partition coefficient (Wildman–Crippen LogP) is 4.99. The standard InChI is InChI=1S/C24H30Cl3N3O4S/c1-5-22(24(32)28-13-16(2)3)29(14-17-6-11-20(26)21(27)12-17)23(31)15-30(35(4,33)34)19-9-7-18(25)8-10-19/h6-12,16,22H,5,13-15H2,1-4H3,(H,28,32). The number of carbonyl (C=O) groups excluding carboxylic acids is 2. The van der Waals surface area contributed by atoms with Crippen molar-refractivity contribution in [2.75, 3.05) is 23.7 Å². The third-order valence-corrected chi connectivity index (χ3v) is 7.33. The topological polar surface area (TPSA) is 86.8 Å². The highest BCUT2D eigenvalue weighted by molar-refractivity contribution is 7.92. The van der Waals surface area contributed by atoms with Gasteiger partial charge in [0.2, 0.25) is 21.8 Å². The number of nitrogens with one attached hydrogen (secondary N) is 1. The lowest BCUT2D eigenvalue weighted by atomic mass is 10.1. The van der Waals surface area contributed by atoms with Gasteiger partial charge in [0.05, 0.1) is 22.0 Å². The molecule has 0 aliphatic rings. The van der Waals surface area contributed by atoms with Crippen LogP contribution < -0.4 is 9.62 Å². The average Bonchev–Trinajstić information content (AvgIpc) is 2.78. The molecule has 2 rings (SSSR count). The summed E-state index contributed by atoms with van der Waals surface area (Å²) in [7, 11) is -3.82. The summed E-state index contributed by atoms with van der Waals surface area (Å²) in [5.41, 5.74) is 0.942. The molecule has 35 heavy (non-hydrogen) atoms. The molecule has 0 aromatic heterocycles. The first-order valence-electron chi connectivity index (χ1n) is 11.1. The maximum Gasteiger partial charge on any atom is 0.244 e. The summed E-state index contributed by atoms with van der Waals surface area (Å²) in [6.07, 6.45) is 1.35. The Balaban J connectivity index is 2.43. The van der Waals surface area contributed by atoms with Gasteiger partial charge in [-0.3, -0.25) is 13.9 Å². The van der Waals surface area contributed by atoms with Gasteiger partial charge in [-0.1, -0.05) is 61.6 Å². The van der Waals surface area contributed by atoms with Crippen molar-refractivity contribution in [2.24, 2.45) is 5.92 Å². The Bertz CT molecular complexity index is 1140. The average molecular weight is 563 g/mol. The first kappa shape index (κ1) is 29.2. The van der Waals surface area contributed by atoms with Crippen molar-refractivity contribution in [2.45, 2.75) is 39.8 Å². The van der Waals surface area contributed by atoms with Crippen LogP contribution in [0.1, 0.15) is 32.8 Å². The van der Waals surface area contributed by atoms with Gasteiger partial charge in [-0.05, 0) is 54.3 Å². The molecule has 2 aromatic rings. The quantitative estimate of drug-likeness (QED) is 0.418. The van der Waals surface area contributed by atoms with E-state index in [1.54, 1.807) is 37.3 Å². The van der Waals surface area contributed by atoms with Gasteiger partial charge < -0.3 is 10.2 Å². The van der Waals surface area contributed by atoms with E-state index in [-0.39, 0.29) is 24.1 Å². The van der Waals surface area contributed by atoms with Crippen molar-refractivity contribution >= 4 is 62.3 Å². The van der Waals surface area contributed by atoms with Crippen molar-refractivity contribution < 1.29 is 18.0 Å². The lowest BCUT2D eigenvalue weighted by Crippen LogP contribution is -2.52. The maximum absolute atomic E-state index is 13.6. The maximum atomic E-state index is 13.6. The fraction of sp³-hybridized carbons (Fsp3) is 0.417. The van der Waals surface area contributed by atoms with E-state index in [4.69, 9.17) is 34.8 Å². The highest BCUT2D eigenvalue weighted by Crippen LogP contribution is 2.25. The number of rotatable bonds is 11. The van der Waals surface area contributed by atoms with Gasteiger partial charge in [0.1, 0.15) is 12.6 Å². The number of hydrogen-bond acceptors (Lipinski definition) is 4. The fourth-order valence-electron chi connectivity index (χ4n) is 3.40. The van der Waals surface area contributed by atoms with Crippen LogP contribution in [0.3, 0.4) is 0 Å². The molecule has 0 heterocycles. The molecule has 1 N–H and O–H groups in total. The zero-order valence-electron chi connectivity index (χ0n) is 20.1. The molecule has 11 heteroatoms. The van der Waals surface area contributed by atoms with Gasteiger partial charge in [0, 0.05) is 18.1 Å². The smallest absolute Gasteiger partial charge is 0.244 e. The summed E-state index contributed by atoms with van der Waals surface area (Å²) in [6.45, 7) is 5.73. The third kappa shape index (κ3) is 8.56.